The first kappa shape index (κ1) is 18.5. The fourth-order valence-corrected chi connectivity index (χ4v) is 3.35. The van der Waals surface area contributed by atoms with E-state index in [9.17, 15) is 13.6 Å². The summed E-state index contributed by atoms with van der Waals surface area (Å²) in [6.07, 6.45) is 2.78. The highest BCUT2D eigenvalue weighted by molar-refractivity contribution is 5.95. The molecule has 1 heterocycles. The van der Waals surface area contributed by atoms with Crippen LogP contribution in [0.15, 0.2) is 48.5 Å². The highest BCUT2D eigenvalue weighted by Gasteiger charge is 2.26. The highest BCUT2D eigenvalue weighted by atomic mass is 19.1. The van der Waals surface area contributed by atoms with E-state index in [0.29, 0.717) is 30.1 Å². The number of Topliss-reactive ketones (excluding diaryl/α,β-unsaturated/α-hetero) is 1. The Hall–Kier alpha value is -2.27. The SMILES string of the molecule is O=C(CCC(Oc1ccc(F)cc1)C1CCNCC1)c1ccc(F)cc1. The van der Waals surface area contributed by atoms with Gasteiger partial charge in [-0.15, -0.1) is 0 Å². The molecule has 0 radical (unpaired) electrons. The molecular formula is C21H23F2NO2. The van der Waals surface area contributed by atoms with Gasteiger partial charge in [-0.3, -0.25) is 4.79 Å². The summed E-state index contributed by atoms with van der Waals surface area (Å²) >= 11 is 0. The number of rotatable bonds is 7. The number of nitrogens with one attached hydrogen (secondary N) is 1. The van der Waals surface area contributed by atoms with E-state index in [4.69, 9.17) is 4.74 Å². The number of halogens is 2. The third-order valence-electron chi connectivity index (χ3n) is 4.83. The average Bonchev–Trinajstić information content (AvgIpc) is 2.67. The Kier molecular flexibility index (Phi) is 6.34. The molecule has 0 amide bonds. The molecule has 0 bridgehead atoms. The van der Waals surface area contributed by atoms with Crippen LogP contribution in [0, 0.1) is 17.6 Å². The van der Waals surface area contributed by atoms with E-state index < -0.39 is 0 Å². The monoisotopic (exact) mass is 359 g/mol. The molecule has 1 saturated heterocycles. The minimum atomic E-state index is -0.353. The molecule has 0 aromatic heterocycles. The van der Waals surface area contributed by atoms with Crippen LogP contribution in [0.5, 0.6) is 5.75 Å². The Labute approximate surface area is 152 Å². The van der Waals surface area contributed by atoms with Crippen molar-refractivity contribution < 1.29 is 18.3 Å². The van der Waals surface area contributed by atoms with Gasteiger partial charge in [0.25, 0.3) is 0 Å². The van der Waals surface area contributed by atoms with Crippen molar-refractivity contribution in [2.75, 3.05) is 13.1 Å². The lowest BCUT2D eigenvalue weighted by Crippen LogP contribution is -2.37. The van der Waals surface area contributed by atoms with Crippen LogP contribution in [0.4, 0.5) is 8.78 Å². The van der Waals surface area contributed by atoms with Gasteiger partial charge in [0.15, 0.2) is 5.78 Å². The molecule has 2 aromatic carbocycles. The Morgan fingerprint density at radius 1 is 1.00 bits per heavy atom. The molecule has 26 heavy (non-hydrogen) atoms. The number of hydrogen-bond donors (Lipinski definition) is 1. The number of piperidine rings is 1. The Bertz CT molecular complexity index is 710. The Balaban J connectivity index is 1.65. The summed E-state index contributed by atoms with van der Waals surface area (Å²) in [4.78, 5) is 12.4. The Morgan fingerprint density at radius 3 is 2.19 bits per heavy atom. The van der Waals surface area contributed by atoms with Crippen molar-refractivity contribution >= 4 is 5.78 Å². The van der Waals surface area contributed by atoms with Crippen molar-refractivity contribution in [3.63, 3.8) is 0 Å². The molecule has 0 spiro atoms. The fraction of sp³-hybridized carbons (Fsp3) is 0.381. The fourth-order valence-electron chi connectivity index (χ4n) is 3.35. The van der Waals surface area contributed by atoms with E-state index in [0.717, 1.165) is 25.9 Å². The number of hydrogen-bond acceptors (Lipinski definition) is 3. The molecule has 1 atom stereocenters. The second kappa shape index (κ2) is 8.90. The first-order valence-electron chi connectivity index (χ1n) is 9.03. The van der Waals surface area contributed by atoms with Gasteiger partial charge in [0, 0.05) is 12.0 Å². The van der Waals surface area contributed by atoms with E-state index >= 15 is 0 Å². The summed E-state index contributed by atoms with van der Waals surface area (Å²) in [5.74, 6) is 0.286. The van der Waals surface area contributed by atoms with Gasteiger partial charge in [-0.05, 0) is 86.8 Å². The molecule has 1 N–H and O–H groups in total. The van der Waals surface area contributed by atoms with E-state index in [1.165, 1.54) is 36.4 Å². The van der Waals surface area contributed by atoms with Gasteiger partial charge < -0.3 is 10.1 Å². The molecule has 0 saturated carbocycles. The molecule has 1 unspecified atom stereocenters. The molecule has 1 aliphatic rings. The topological polar surface area (TPSA) is 38.3 Å². The summed E-state index contributed by atoms with van der Waals surface area (Å²) in [7, 11) is 0. The Morgan fingerprint density at radius 2 is 1.58 bits per heavy atom. The van der Waals surface area contributed by atoms with Crippen molar-refractivity contribution in [2.45, 2.75) is 31.8 Å². The summed E-state index contributed by atoms with van der Waals surface area (Å²) < 4.78 is 32.2. The van der Waals surface area contributed by atoms with Gasteiger partial charge in [0.1, 0.15) is 23.5 Å². The largest absolute Gasteiger partial charge is 0.490 e. The smallest absolute Gasteiger partial charge is 0.163 e. The second-order valence-electron chi connectivity index (χ2n) is 6.67. The van der Waals surface area contributed by atoms with Crippen LogP contribution in [0.3, 0.4) is 0 Å². The molecule has 0 aliphatic carbocycles. The lowest BCUT2D eigenvalue weighted by molar-refractivity contribution is 0.0850. The van der Waals surface area contributed by atoms with Crippen molar-refractivity contribution in [1.29, 1.82) is 0 Å². The van der Waals surface area contributed by atoms with Gasteiger partial charge in [-0.25, -0.2) is 8.78 Å². The van der Waals surface area contributed by atoms with E-state index in [2.05, 4.69) is 5.32 Å². The zero-order valence-corrected chi connectivity index (χ0v) is 14.6. The maximum Gasteiger partial charge on any atom is 0.163 e. The minimum absolute atomic E-state index is 0.0216. The van der Waals surface area contributed by atoms with Crippen LogP contribution in [-0.2, 0) is 0 Å². The molecule has 3 rings (SSSR count). The van der Waals surface area contributed by atoms with Gasteiger partial charge in [0.2, 0.25) is 0 Å². The van der Waals surface area contributed by atoms with Crippen molar-refractivity contribution in [3.05, 3.63) is 65.7 Å². The zero-order valence-electron chi connectivity index (χ0n) is 14.6. The zero-order chi connectivity index (χ0) is 18.4. The number of benzene rings is 2. The molecular weight excluding hydrogens is 336 g/mol. The van der Waals surface area contributed by atoms with Gasteiger partial charge in [-0.1, -0.05) is 0 Å². The van der Waals surface area contributed by atoms with E-state index in [1.807, 2.05) is 0 Å². The van der Waals surface area contributed by atoms with Crippen molar-refractivity contribution in [1.82, 2.24) is 5.32 Å². The molecule has 1 aliphatic heterocycles. The highest BCUT2D eigenvalue weighted by Crippen LogP contribution is 2.26. The first-order valence-corrected chi connectivity index (χ1v) is 9.03. The maximum atomic E-state index is 13.1. The third kappa shape index (κ3) is 5.11. The predicted octanol–water partition coefficient (Wildman–Crippen LogP) is 4.37. The second-order valence-corrected chi connectivity index (χ2v) is 6.67. The maximum absolute atomic E-state index is 13.1. The normalized spacial score (nSPS) is 16.2. The number of ether oxygens (including phenoxy) is 1. The lowest BCUT2D eigenvalue weighted by atomic mass is 9.88. The number of ketones is 1. The van der Waals surface area contributed by atoms with Crippen LogP contribution < -0.4 is 10.1 Å². The van der Waals surface area contributed by atoms with Crippen LogP contribution in [0.2, 0.25) is 0 Å². The summed E-state index contributed by atoms with van der Waals surface area (Å²) in [6.45, 7) is 1.86. The number of carbonyl (C=O) groups excluding carboxylic acids is 1. The van der Waals surface area contributed by atoms with Gasteiger partial charge in [0.05, 0.1) is 0 Å². The predicted molar refractivity (Wildman–Crippen MR) is 96.4 cm³/mol. The van der Waals surface area contributed by atoms with Crippen LogP contribution >= 0.6 is 0 Å². The van der Waals surface area contributed by atoms with E-state index in [-0.39, 0.29) is 23.5 Å². The number of carbonyl (C=O) groups is 1. The lowest BCUT2D eigenvalue weighted by Gasteiger charge is -2.31. The average molecular weight is 359 g/mol. The molecule has 5 heteroatoms. The van der Waals surface area contributed by atoms with Crippen LogP contribution in [0.1, 0.15) is 36.0 Å². The van der Waals surface area contributed by atoms with E-state index in [1.54, 1.807) is 12.1 Å². The molecule has 2 aromatic rings. The van der Waals surface area contributed by atoms with Crippen LogP contribution in [0.25, 0.3) is 0 Å². The molecule has 3 nitrogen and oxygen atoms in total. The summed E-state index contributed by atoms with van der Waals surface area (Å²) in [5, 5.41) is 3.33. The first-order chi connectivity index (χ1) is 12.6. The van der Waals surface area contributed by atoms with Crippen molar-refractivity contribution in [3.8, 4) is 5.75 Å². The van der Waals surface area contributed by atoms with Crippen molar-refractivity contribution in [2.24, 2.45) is 5.92 Å². The minimum Gasteiger partial charge on any atom is -0.490 e. The summed E-state index contributed by atoms with van der Waals surface area (Å²) in [5.41, 5.74) is 0.511. The van der Waals surface area contributed by atoms with Crippen LogP contribution in [-0.4, -0.2) is 25.0 Å². The molecule has 1 fully saturated rings. The molecule has 138 valence electrons. The third-order valence-corrected chi connectivity index (χ3v) is 4.83. The standard InChI is InChI=1S/C21H23F2NO2/c22-17-3-1-15(2-4-17)20(25)9-10-21(16-11-13-24-14-12-16)26-19-7-5-18(23)6-8-19/h1-8,16,21,24H,9-14H2. The van der Waals surface area contributed by atoms with Gasteiger partial charge >= 0.3 is 0 Å². The summed E-state index contributed by atoms with van der Waals surface area (Å²) in [6, 6.07) is 11.6. The van der Waals surface area contributed by atoms with Gasteiger partial charge in [-0.2, -0.15) is 0 Å². The quantitative estimate of drug-likeness (QED) is 0.746.